The second-order valence-corrected chi connectivity index (χ2v) is 8.44. The van der Waals surface area contributed by atoms with E-state index in [9.17, 15) is 22.4 Å². The van der Waals surface area contributed by atoms with Gasteiger partial charge in [0.15, 0.2) is 0 Å². The zero-order valence-electron chi connectivity index (χ0n) is 17.6. The zero-order chi connectivity index (χ0) is 22.8. The molecule has 1 atom stereocenters. The van der Waals surface area contributed by atoms with Crippen LogP contribution in [0.3, 0.4) is 0 Å². The van der Waals surface area contributed by atoms with Crippen LogP contribution in [0, 0.1) is 5.82 Å². The van der Waals surface area contributed by atoms with Gasteiger partial charge in [0.2, 0.25) is 5.91 Å². The lowest BCUT2D eigenvalue weighted by molar-refractivity contribution is -0.137. The highest BCUT2D eigenvalue weighted by Gasteiger charge is 2.45. The van der Waals surface area contributed by atoms with Crippen molar-refractivity contribution in [1.82, 2.24) is 10.2 Å². The molecule has 0 spiro atoms. The highest BCUT2D eigenvalue weighted by molar-refractivity contribution is 5.89. The minimum Gasteiger partial charge on any atom is -0.379 e. The zero-order valence-corrected chi connectivity index (χ0v) is 17.6. The molecule has 4 nitrogen and oxygen atoms in total. The van der Waals surface area contributed by atoms with Gasteiger partial charge in [0.25, 0.3) is 0 Å². The van der Waals surface area contributed by atoms with Crippen molar-refractivity contribution >= 4 is 5.91 Å². The Kier molecular flexibility index (Phi) is 6.53. The number of alkyl halides is 3. The van der Waals surface area contributed by atoms with Gasteiger partial charge in [-0.15, -0.1) is 0 Å². The SMILES string of the molecule is O=C(NCC(c1ccc(C(F)(F)F)cc1)N1CCOCC1)C1(c2ccc(F)cc2)CCC1. The molecule has 1 amide bonds. The Morgan fingerprint density at radius 2 is 1.66 bits per heavy atom. The van der Waals surface area contributed by atoms with E-state index in [0.717, 1.165) is 24.1 Å². The van der Waals surface area contributed by atoms with E-state index in [0.29, 0.717) is 44.7 Å². The Hall–Kier alpha value is -2.45. The third-order valence-corrected chi connectivity index (χ3v) is 6.60. The lowest BCUT2D eigenvalue weighted by atomic mass is 9.64. The molecule has 2 fully saturated rings. The van der Waals surface area contributed by atoms with E-state index in [1.165, 1.54) is 24.3 Å². The summed E-state index contributed by atoms with van der Waals surface area (Å²) in [6.07, 6.45) is -2.11. The first-order valence-corrected chi connectivity index (χ1v) is 10.8. The van der Waals surface area contributed by atoms with Crippen LogP contribution < -0.4 is 5.32 Å². The third-order valence-electron chi connectivity index (χ3n) is 6.60. The average Bonchev–Trinajstić information content (AvgIpc) is 2.75. The smallest absolute Gasteiger partial charge is 0.379 e. The largest absolute Gasteiger partial charge is 0.416 e. The minimum atomic E-state index is -4.40. The average molecular weight is 450 g/mol. The fourth-order valence-corrected chi connectivity index (χ4v) is 4.55. The number of hydrogen-bond acceptors (Lipinski definition) is 3. The molecule has 1 aliphatic heterocycles. The fourth-order valence-electron chi connectivity index (χ4n) is 4.55. The molecular formula is C24H26F4N2O2. The van der Waals surface area contributed by atoms with Gasteiger partial charge in [-0.25, -0.2) is 4.39 Å². The molecule has 0 bridgehead atoms. The van der Waals surface area contributed by atoms with Crippen LogP contribution in [0.5, 0.6) is 0 Å². The summed E-state index contributed by atoms with van der Waals surface area (Å²) in [6.45, 7) is 2.59. The van der Waals surface area contributed by atoms with E-state index in [-0.39, 0.29) is 24.3 Å². The topological polar surface area (TPSA) is 41.6 Å². The molecule has 1 unspecified atom stereocenters. The van der Waals surface area contributed by atoms with Crippen molar-refractivity contribution in [2.75, 3.05) is 32.8 Å². The summed E-state index contributed by atoms with van der Waals surface area (Å²) >= 11 is 0. The molecular weight excluding hydrogens is 424 g/mol. The number of amides is 1. The van der Waals surface area contributed by atoms with Gasteiger partial charge in [-0.3, -0.25) is 9.69 Å². The number of nitrogens with zero attached hydrogens (tertiary/aromatic N) is 1. The molecule has 2 aromatic rings. The van der Waals surface area contributed by atoms with Crippen LogP contribution in [-0.4, -0.2) is 43.7 Å². The summed E-state index contributed by atoms with van der Waals surface area (Å²) in [5.74, 6) is -0.473. The lowest BCUT2D eigenvalue weighted by Gasteiger charge is -2.42. The van der Waals surface area contributed by atoms with E-state index in [4.69, 9.17) is 4.74 Å². The summed E-state index contributed by atoms with van der Waals surface area (Å²) < 4.78 is 57.7. The van der Waals surface area contributed by atoms with Crippen molar-refractivity contribution in [3.05, 3.63) is 71.0 Å². The Labute approximate surface area is 184 Å². The maximum absolute atomic E-state index is 13.4. The second kappa shape index (κ2) is 9.19. The maximum Gasteiger partial charge on any atom is 0.416 e. The molecule has 32 heavy (non-hydrogen) atoms. The van der Waals surface area contributed by atoms with E-state index >= 15 is 0 Å². The number of ether oxygens (including phenoxy) is 1. The van der Waals surface area contributed by atoms with Crippen molar-refractivity contribution in [3.63, 3.8) is 0 Å². The molecule has 2 aliphatic rings. The molecule has 1 heterocycles. The number of rotatable bonds is 6. The van der Waals surface area contributed by atoms with Gasteiger partial charge < -0.3 is 10.1 Å². The maximum atomic E-state index is 13.4. The lowest BCUT2D eigenvalue weighted by Crippen LogP contribution is -2.51. The standard InChI is InChI=1S/C24H26F4N2O2/c25-20-8-6-18(7-9-20)23(10-1-11-23)22(31)29-16-21(30-12-14-32-15-13-30)17-2-4-19(5-3-17)24(26,27)28/h2-9,21H,1,10-16H2,(H,29,31). The van der Waals surface area contributed by atoms with Crippen molar-refractivity contribution in [1.29, 1.82) is 0 Å². The summed E-state index contributed by atoms with van der Waals surface area (Å²) in [7, 11) is 0. The van der Waals surface area contributed by atoms with Gasteiger partial charge in [0.05, 0.1) is 30.2 Å². The van der Waals surface area contributed by atoms with Crippen LogP contribution >= 0.6 is 0 Å². The van der Waals surface area contributed by atoms with Gasteiger partial charge in [-0.05, 0) is 48.2 Å². The summed E-state index contributed by atoms with van der Waals surface area (Å²) in [6, 6.07) is 10.9. The van der Waals surface area contributed by atoms with Gasteiger partial charge in [0.1, 0.15) is 5.82 Å². The van der Waals surface area contributed by atoms with Crippen molar-refractivity contribution in [3.8, 4) is 0 Å². The Morgan fingerprint density at radius 1 is 1.03 bits per heavy atom. The van der Waals surface area contributed by atoms with Crippen LogP contribution in [-0.2, 0) is 21.1 Å². The van der Waals surface area contributed by atoms with E-state index < -0.39 is 17.2 Å². The number of nitrogens with one attached hydrogen (secondary N) is 1. The monoisotopic (exact) mass is 450 g/mol. The molecule has 172 valence electrons. The van der Waals surface area contributed by atoms with Crippen LogP contribution in [0.25, 0.3) is 0 Å². The van der Waals surface area contributed by atoms with Gasteiger partial charge in [-0.2, -0.15) is 13.2 Å². The Balaban J connectivity index is 1.52. The normalized spacial score (nSPS) is 19.8. The van der Waals surface area contributed by atoms with Crippen LogP contribution in [0.4, 0.5) is 17.6 Å². The molecule has 1 aliphatic carbocycles. The molecule has 2 aromatic carbocycles. The van der Waals surface area contributed by atoms with Crippen molar-refractivity contribution in [2.45, 2.75) is 36.9 Å². The molecule has 8 heteroatoms. The Morgan fingerprint density at radius 3 is 2.19 bits per heavy atom. The van der Waals surface area contributed by atoms with E-state index in [1.54, 1.807) is 12.1 Å². The molecule has 1 saturated heterocycles. The Bertz CT molecular complexity index is 919. The van der Waals surface area contributed by atoms with Gasteiger partial charge in [-0.1, -0.05) is 30.7 Å². The molecule has 1 N–H and O–H groups in total. The molecule has 0 aromatic heterocycles. The minimum absolute atomic E-state index is 0.125. The molecule has 1 saturated carbocycles. The number of morpholine rings is 1. The summed E-state index contributed by atoms with van der Waals surface area (Å²) in [5, 5.41) is 3.04. The predicted molar refractivity (Wildman–Crippen MR) is 112 cm³/mol. The number of carbonyl (C=O) groups excluding carboxylic acids is 1. The van der Waals surface area contributed by atoms with Crippen molar-refractivity contribution in [2.24, 2.45) is 0 Å². The quantitative estimate of drug-likeness (QED) is 0.661. The highest BCUT2D eigenvalue weighted by Crippen LogP contribution is 2.44. The van der Waals surface area contributed by atoms with E-state index in [2.05, 4.69) is 10.2 Å². The van der Waals surface area contributed by atoms with Crippen LogP contribution in [0.2, 0.25) is 0 Å². The third kappa shape index (κ3) is 4.66. The molecule has 0 radical (unpaired) electrons. The number of benzene rings is 2. The van der Waals surface area contributed by atoms with Crippen LogP contribution in [0.15, 0.2) is 48.5 Å². The first-order valence-electron chi connectivity index (χ1n) is 10.8. The number of carbonyl (C=O) groups is 1. The van der Waals surface area contributed by atoms with Gasteiger partial charge >= 0.3 is 6.18 Å². The van der Waals surface area contributed by atoms with Crippen LogP contribution in [0.1, 0.15) is 42.0 Å². The van der Waals surface area contributed by atoms with E-state index in [1.807, 2.05) is 0 Å². The fraction of sp³-hybridized carbons (Fsp3) is 0.458. The molecule has 4 rings (SSSR count). The summed E-state index contributed by atoms with van der Waals surface area (Å²) in [4.78, 5) is 15.4. The first-order chi connectivity index (χ1) is 15.3. The highest BCUT2D eigenvalue weighted by atomic mass is 19.4. The first kappa shape index (κ1) is 22.7. The number of halogens is 4. The number of hydrogen-bond donors (Lipinski definition) is 1. The summed E-state index contributed by atoms with van der Waals surface area (Å²) in [5.41, 5.74) is 0.129. The van der Waals surface area contributed by atoms with Gasteiger partial charge in [0, 0.05) is 19.6 Å². The second-order valence-electron chi connectivity index (χ2n) is 8.44. The predicted octanol–water partition coefficient (Wildman–Crippen LogP) is 4.46. The van der Waals surface area contributed by atoms with Crippen molar-refractivity contribution < 1.29 is 27.1 Å².